The normalized spacial score (nSPS) is 11.3. The Hall–Kier alpha value is -0.363. The summed E-state index contributed by atoms with van der Waals surface area (Å²) in [4.78, 5) is 0. The molecular weight excluding hydrogens is 176 g/mol. The molecule has 0 unspecified atom stereocenters. The molecule has 0 aliphatic carbocycles. The summed E-state index contributed by atoms with van der Waals surface area (Å²) in [5, 5.41) is 0. The summed E-state index contributed by atoms with van der Waals surface area (Å²) in [7, 11) is 2.06. The molecule has 0 saturated heterocycles. The highest BCUT2D eigenvalue weighted by molar-refractivity contribution is 6.60. The predicted molar refractivity (Wildman–Crippen MR) is 47.5 cm³/mol. The van der Waals surface area contributed by atoms with Gasteiger partial charge in [0.15, 0.2) is 6.23 Å². The van der Waals surface area contributed by atoms with E-state index in [0.29, 0.717) is 12.0 Å². The van der Waals surface area contributed by atoms with Crippen molar-refractivity contribution >= 4 is 8.80 Å². The molecule has 0 N–H and O–H groups in total. The molecule has 4 nitrogen and oxygen atoms in total. The minimum Gasteiger partial charge on any atom is -0.494 e. The molecule has 0 aliphatic heterocycles. The third kappa shape index (κ3) is 3.36. The number of allylic oxidation sites excluding steroid dienone is 1. The third-order valence-corrected chi connectivity index (χ3v) is 3.79. The Kier molecular flexibility index (Phi) is 5.15. The summed E-state index contributed by atoms with van der Waals surface area (Å²) in [6.07, 6.45) is 0.297. The summed E-state index contributed by atoms with van der Waals surface area (Å²) in [6, 6.07) is 0. The van der Waals surface area contributed by atoms with E-state index in [1.165, 1.54) is 0 Å². The number of hydrogen-bond donors (Lipinski definition) is 0. The second-order valence-corrected chi connectivity index (χ2v) is 5.17. The zero-order valence-corrected chi connectivity index (χ0v) is 9.05. The average molecular weight is 192 g/mol. The van der Waals surface area contributed by atoms with Gasteiger partial charge in [0.1, 0.15) is 0 Å². The molecule has 0 spiro atoms. The van der Waals surface area contributed by atoms with E-state index >= 15 is 0 Å². The lowest BCUT2D eigenvalue weighted by Gasteiger charge is -2.23. The molecule has 0 aliphatic rings. The van der Waals surface area contributed by atoms with E-state index < -0.39 is 8.80 Å². The van der Waals surface area contributed by atoms with Gasteiger partial charge in [-0.15, -0.1) is 0 Å². The van der Waals surface area contributed by atoms with Crippen molar-refractivity contribution in [2.45, 2.75) is 6.92 Å². The summed E-state index contributed by atoms with van der Waals surface area (Å²) in [5.74, 6) is 0.623. The van der Waals surface area contributed by atoms with Crippen LogP contribution in [0.3, 0.4) is 0 Å². The van der Waals surface area contributed by atoms with Gasteiger partial charge in [0.25, 0.3) is 0 Å². The highest BCUT2D eigenvalue weighted by atomic mass is 28.4. The van der Waals surface area contributed by atoms with Crippen LogP contribution in [0, 0.1) is 0 Å². The quantitative estimate of drug-likeness (QED) is 0.464. The first-order valence-electron chi connectivity index (χ1n) is 3.54. The lowest BCUT2D eigenvalue weighted by atomic mass is 10.7. The van der Waals surface area contributed by atoms with Gasteiger partial charge in [0.05, 0.1) is 5.76 Å². The van der Waals surface area contributed by atoms with Crippen LogP contribution < -0.4 is 0 Å². The van der Waals surface area contributed by atoms with Gasteiger partial charge in [-0.2, -0.15) is 0 Å². The first kappa shape index (κ1) is 11.6. The van der Waals surface area contributed by atoms with Crippen molar-refractivity contribution in [3.8, 4) is 0 Å². The average Bonchev–Trinajstić information content (AvgIpc) is 2.08. The Bertz CT molecular complexity index is 136. The number of rotatable bonds is 6. The van der Waals surface area contributed by atoms with E-state index in [1.807, 2.05) is 0 Å². The van der Waals surface area contributed by atoms with Gasteiger partial charge in [-0.1, -0.05) is 6.58 Å². The van der Waals surface area contributed by atoms with Crippen molar-refractivity contribution in [1.29, 1.82) is 0 Å². The fraction of sp³-hybridized carbons (Fsp3) is 0.714. The molecule has 0 saturated carbocycles. The van der Waals surface area contributed by atoms with E-state index in [-0.39, 0.29) is 0 Å². The van der Waals surface area contributed by atoms with Crippen LogP contribution >= 0.6 is 0 Å². The van der Waals surface area contributed by atoms with Gasteiger partial charge in [-0.25, -0.2) is 0 Å². The fourth-order valence-corrected chi connectivity index (χ4v) is 1.92. The Labute approximate surface area is 74.4 Å². The lowest BCUT2D eigenvalue weighted by Crippen LogP contribution is -2.47. The van der Waals surface area contributed by atoms with Crippen molar-refractivity contribution < 1.29 is 18.0 Å². The van der Waals surface area contributed by atoms with Crippen molar-refractivity contribution in [3.63, 3.8) is 0 Å². The first-order chi connectivity index (χ1) is 5.60. The van der Waals surface area contributed by atoms with Crippen LogP contribution in [0.4, 0.5) is 0 Å². The standard InChI is InChI=1S/C7H16O4Si/c1-7(2)11-6-12(8-3,9-4)10-5/h1,6H2,2-5H3. The van der Waals surface area contributed by atoms with Crippen molar-refractivity contribution in [2.24, 2.45) is 0 Å². The third-order valence-electron chi connectivity index (χ3n) is 1.43. The van der Waals surface area contributed by atoms with Crippen molar-refractivity contribution in [2.75, 3.05) is 27.6 Å². The minimum absolute atomic E-state index is 0.297. The maximum Gasteiger partial charge on any atom is 0.539 e. The van der Waals surface area contributed by atoms with Gasteiger partial charge < -0.3 is 18.0 Å². The van der Waals surface area contributed by atoms with Crippen LogP contribution in [-0.4, -0.2) is 36.4 Å². The second-order valence-electron chi connectivity index (χ2n) is 2.29. The molecule has 0 amide bonds. The molecule has 0 bridgehead atoms. The van der Waals surface area contributed by atoms with E-state index in [1.54, 1.807) is 28.3 Å². The fourth-order valence-electron chi connectivity index (χ4n) is 0.638. The Balaban J connectivity index is 4.01. The van der Waals surface area contributed by atoms with Crippen molar-refractivity contribution in [1.82, 2.24) is 0 Å². The zero-order chi connectivity index (χ0) is 9.61. The number of hydrogen-bond acceptors (Lipinski definition) is 4. The topological polar surface area (TPSA) is 36.9 Å². The smallest absolute Gasteiger partial charge is 0.494 e. The molecule has 0 heterocycles. The molecule has 0 aromatic rings. The summed E-state index contributed by atoms with van der Waals surface area (Å²) < 4.78 is 20.5. The largest absolute Gasteiger partial charge is 0.539 e. The molecule has 0 fully saturated rings. The molecule has 0 aromatic heterocycles. The zero-order valence-electron chi connectivity index (χ0n) is 8.05. The van der Waals surface area contributed by atoms with E-state index in [2.05, 4.69) is 6.58 Å². The molecule has 0 atom stereocenters. The van der Waals surface area contributed by atoms with Gasteiger partial charge >= 0.3 is 8.80 Å². The summed E-state index contributed by atoms with van der Waals surface area (Å²) in [5.41, 5.74) is 0. The Morgan fingerprint density at radius 3 is 1.83 bits per heavy atom. The second kappa shape index (κ2) is 5.31. The van der Waals surface area contributed by atoms with E-state index in [0.717, 1.165) is 0 Å². The van der Waals surface area contributed by atoms with Crippen LogP contribution in [0.15, 0.2) is 12.3 Å². The predicted octanol–water partition coefficient (Wildman–Crippen LogP) is 0.954. The van der Waals surface area contributed by atoms with Crippen molar-refractivity contribution in [3.05, 3.63) is 12.3 Å². The maximum atomic E-state index is 5.17. The minimum atomic E-state index is -2.56. The van der Waals surface area contributed by atoms with E-state index in [9.17, 15) is 0 Å². The van der Waals surface area contributed by atoms with Crippen LogP contribution in [0.25, 0.3) is 0 Å². The molecule has 12 heavy (non-hydrogen) atoms. The van der Waals surface area contributed by atoms with Gasteiger partial charge in [0.2, 0.25) is 0 Å². The highest BCUT2D eigenvalue weighted by Crippen LogP contribution is 2.07. The molecular formula is C7H16O4Si. The maximum absolute atomic E-state index is 5.17. The van der Waals surface area contributed by atoms with E-state index in [4.69, 9.17) is 18.0 Å². The highest BCUT2D eigenvalue weighted by Gasteiger charge is 2.39. The molecule has 72 valence electrons. The molecule has 0 radical (unpaired) electrons. The monoisotopic (exact) mass is 192 g/mol. The van der Waals surface area contributed by atoms with Gasteiger partial charge in [0, 0.05) is 21.3 Å². The van der Waals surface area contributed by atoms with Gasteiger partial charge in [-0.05, 0) is 6.92 Å². The van der Waals surface area contributed by atoms with Crippen LogP contribution in [0.5, 0.6) is 0 Å². The van der Waals surface area contributed by atoms with Crippen LogP contribution in [0.2, 0.25) is 0 Å². The lowest BCUT2D eigenvalue weighted by molar-refractivity contribution is 0.0849. The molecule has 0 rings (SSSR count). The van der Waals surface area contributed by atoms with Crippen LogP contribution in [0.1, 0.15) is 6.92 Å². The molecule has 0 aromatic carbocycles. The first-order valence-corrected chi connectivity index (χ1v) is 5.47. The summed E-state index contributed by atoms with van der Waals surface area (Å²) >= 11 is 0. The Morgan fingerprint density at radius 2 is 1.58 bits per heavy atom. The van der Waals surface area contributed by atoms with Crippen LogP contribution in [-0.2, 0) is 18.0 Å². The number of ether oxygens (including phenoxy) is 1. The van der Waals surface area contributed by atoms with Gasteiger partial charge in [-0.3, -0.25) is 0 Å². The molecule has 5 heteroatoms. The SMILES string of the molecule is C=C(C)OC[Si](OC)(OC)OC. The summed E-state index contributed by atoms with van der Waals surface area (Å²) in [6.45, 7) is 5.36. The Morgan fingerprint density at radius 1 is 1.17 bits per heavy atom.